The van der Waals surface area contributed by atoms with E-state index in [1.54, 1.807) is 6.07 Å². The summed E-state index contributed by atoms with van der Waals surface area (Å²) in [6.45, 7) is 5.29. The third kappa shape index (κ3) is 2.61. The lowest BCUT2D eigenvalue weighted by Gasteiger charge is -2.51. The lowest BCUT2D eigenvalue weighted by Crippen LogP contribution is -2.60. The van der Waals surface area contributed by atoms with Crippen molar-refractivity contribution in [1.82, 2.24) is 9.80 Å². The number of phenolic OH excluding ortho intramolecular Hbond substituents is 1. The number of piperidine rings is 3. The van der Waals surface area contributed by atoms with Crippen LogP contribution in [-0.2, 0) is 4.79 Å². The second kappa shape index (κ2) is 6.40. The molecule has 1 amide bonds. The Hall–Kier alpha value is -1.55. The highest BCUT2D eigenvalue weighted by Gasteiger charge is 2.54. The fraction of sp³-hybridized carbons (Fsp3) is 0.650. The van der Waals surface area contributed by atoms with Crippen molar-refractivity contribution in [2.75, 3.05) is 19.6 Å². The van der Waals surface area contributed by atoms with E-state index in [4.69, 9.17) is 0 Å². The van der Waals surface area contributed by atoms with Crippen LogP contribution in [0.5, 0.6) is 5.75 Å². The Morgan fingerprint density at radius 2 is 2.04 bits per heavy atom. The van der Waals surface area contributed by atoms with E-state index in [-0.39, 0.29) is 0 Å². The second-order valence-electron chi connectivity index (χ2n) is 7.71. The first-order chi connectivity index (χ1) is 11.7. The number of amides is 1. The van der Waals surface area contributed by atoms with Crippen molar-refractivity contribution in [3.05, 3.63) is 29.8 Å². The number of hydrogen-bond donors (Lipinski definition) is 1. The van der Waals surface area contributed by atoms with Crippen LogP contribution >= 0.6 is 0 Å². The normalized spacial score (nSPS) is 34.4. The zero-order chi connectivity index (χ0) is 16.7. The summed E-state index contributed by atoms with van der Waals surface area (Å²) in [5.74, 6) is 1.66. The molecule has 0 radical (unpaired) electrons. The molecule has 3 atom stereocenters. The number of carbonyl (C=O) groups excluding carboxylic acids is 1. The Morgan fingerprint density at radius 1 is 1.25 bits per heavy atom. The molecule has 0 aliphatic carbocycles. The Labute approximate surface area is 144 Å². The largest absolute Gasteiger partial charge is 0.508 e. The highest BCUT2D eigenvalue weighted by molar-refractivity contribution is 5.77. The average Bonchev–Trinajstić information content (AvgIpc) is 3.03. The van der Waals surface area contributed by atoms with Gasteiger partial charge in [-0.3, -0.25) is 9.69 Å². The molecule has 1 N–H and O–H groups in total. The summed E-state index contributed by atoms with van der Waals surface area (Å²) in [6.07, 6.45) is 5.19. The molecule has 1 aromatic rings. The second-order valence-corrected chi connectivity index (χ2v) is 7.71. The molecule has 0 unspecified atom stereocenters. The van der Waals surface area contributed by atoms with Crippen molar-refractivity contribution in [3.63, 3.8) is 0 Å². The van der Waals surface area contributed by atoms with Gasteiger partial charge in [0.15, 0.2) is 0 Å². The molecule has 4 fully saturated rings. The summed E-state index contributed by atoms with van der Waals surface area (Å²) in [5.41, 5.74) is 1.18. The van der Waals surface area contributed by atoms with Gasteiger partial charge in [-0.1, -0.05) is 25.5 Å². The van der Waals surface area contributed by atoms with Gasteiger partial charge in [-0.25, -0.2) is 0 Å². The summed E-state index contributed by atoms with van der Waals surface area (Å²) in [4.78, 5) is 17.6. The number of hydrogen-bond acceptors (Lipinski definition) is 3. The lowest BCUT2D eigenvalue weighted by atomic mass is 9.75. The number of rotatable bonds is 4. The van der Waals surface area contributed by atoms with Crippen LogP contribution in [0, 0.1) is 5.92 Å². The highest BCUT2D eigenvalue weighted by atomic mass is 16.3. The number of phenols is 1. The average molecular weight is 328 g/mol. The molecule has 4 aliphatic heterocycles. The van der Waals surface area contributed by atoms with Gasteiger partial charge in [0.25, 0.3) is 0 Å². The minimum atomic E-state index is 0.329. The fourth-order valence-electron chi connectivity index (χ4n) is 5.22. The van der Waals surface area contributed by atoms with Crippen LogP contribution in [0.4, 0.5) is 0 Å². The molecule has 4 aliphatic rings. The van der Waals surface area contributed by atoms with Gasteiger partial charge in [-0.15, -0.1) is 0 Å². The van der Waals surface area contributed by atoms with E-state index in [9.17, 15) is 9.90 Å². The molecule has 24 heavy (non-hydrogen) atoms. The maximum atomic E-state index is 12.8. The number of unbranched alkanes of at least 4 members (excludes halogenated alkanes) is 1. The summed E-state index contributed by atoms with van der Waals surface area (Å²) in [7, 11) is 0. The van der Waals surface area contributed by atoms with Gasteiger partial charge >= 0.3 is 0 Å². The van der Waals surface area contributed by atoms with Crippen LogP contribution in [0.1, 0.15) is 50.5 Å². The van der Waals surface area contributed by atoms with E-state index in [0.29, 0.717) is 42.0 Å². The molecular formula is C20H28N2O2. The van der Waals surface area contributed by atoms with Crippen molar-refractivity contribution in [2.24, 2.45) is 5.92 Å². The fourth-order valence-corrected chi connectivity index (χ4v) is 5.22. The van der Waals surface area contributed by atoms with E-state index >= 15 is 0 Å². The van der Waals surface area contributed by atoms with E-state index in [2.05, 4.69) is 22.8 Å². The highest BCUT2D eigenvalue weighted by Crippen LogP contribution is 2.47. The summed E-state index contributed by atoms with van der Waals surface area (Å²) < 4.78 is 0. The molecule has 4 saturated heterocycles. The van der Waals surface area contributed by atoms with Gasteiger partial charge in [0.2, 0.25) is 5.91 Å². The molecule has 130 valence electrons. The van der Waals surface area contributed by atoms with Gasteiger partial charge in [0, 0.05) is 24.9 Å². The van der Waals surface area contributed by atoms with Crippen molar-refractivity contribution in [2.45, 2.75) is 57.0 Å². The van der Waals surface area contributed by atoms with Gasteiger partial charge in [0.1, 0.15) is 5.75 Å². The lowest BCUT2D eigenvalue weighted by molar-refractivity contribution is -0.136. The Balaban J connectivity index is 1.65. The van der Waals surface area contributed by atoms with Crippen LogP contribution in [0.3, 0.4) is 0 Å². The zero-order valence-corrected chi connectivity index (χ0v) is 14.5. The van der Waals surface area contributed by atoms with E-state index in [1.807, 2.05) is 12.1 Å². The van der Waals surface area contributed by atoms with Crippen LogP contribution in [-0.4, -0.2) is 52.5 Å². The van der Waals surface area contributed by atoms with Crippen molar-refractivity contribution >= 4 is 5.91 Å². The van der Waals surface area contributed by atoms with Crippen molar-refractivity contribution in [3.8, 4) is 5.75 Å². The first-order valence-corrected chi connectivity index (χ1v) is 9.51. The maximum absolute atomic E-state index is 12.8. The summed E-state index contributed by atoms with van der Waals surface area (Å²) >= 11 is 0. The predicted octanol–water partition coefficient (Wildman–Crippen LogP) is 2.97. The topological polar surface area (TPSA) is 43.8 Å². The molecule has 0 spiro atoms. The van der Waals surface area contributed by atoms with Gasteiger partial charge in [-0.2, -0.15) is 0 Å². The standard InChI is InChI=1S/C20H28N2O2/c1-2-3-7-18(24)22-13-17(15-5-4-6-16(23)12-15)20-19(22)14-8-10-21(20)11-9-14/h4-6,12,14,17,19-20,23H,2-3,7-11,13H2,1H3/t17-,19+,20+/m0/s1. The Morgan fingerprint density at radius 3 is 2.75 bits per heavy atom. The van der Waals surface area contributed by atoms with Crippen LogP contribution < -0.4 is 0 Å². The van der Waals surface area contributed by atoms with Crippen LogP contribution in [0.15, 0.2) is 24.3 Å². The number of carbonyl (C=O) groups is 1. The maximum Gasteiger partial charge on any atom is 0.222 e. The molecule has 4 heteroatoms. The molecule has 4 nitrogen and oxygen atoms in total. The Kier molecular flexibility index (Phi) is 4.25. The number of aromatic hydroxyl groups is 1. The predicted molar refractivity (Wildman–Crippen MR) is 94.0 cm³/mol. The quantitative estimate of drug-likeness (QED) is 0.924. The minimum Gasteiger partial charge on any atom is -0.508 e. The molecule has 0 saturated carbocycles. The first kappa shape index (κ1) is 15.9. The number of benzene rings is 1. The SMILES string of the molecule is CCCCC(=O)N1C[C@@H](c2cccc(O)c2)[C@@H]2[C@H]1C1CCN2CC1. The van der Waals surface area contributed by atoms with E-state index < -0.39 is 0 Å². The van der Waals surface area contributed by atoms with Gasteiger partial charge < -0.3 is 10.0 Å². The zero-order valence-electron chi connectivity index (χ0n) is 14.5. The van der Waals surface area contributed by atoms with E-state index in [1.165, 1.54) is 18.4 Å². The third-order valence-corrected chi connectivity index (χ3v) is 6.36. The molecule has 5 rings (SSSR count). The van der Waals surface area contributed by atoms with Gasteiger partial charge in [0.05, 0.1) is 6.04 Å². The minimum absolute atomic E-state index is 0.329. The van der Waals surface area contributed by atoms with Crippen LogP contribution in [0.2, 0.25) is 0 Å². The molecule has 1 aromatic carbocycles. The van der Waals surface area contributed by atoms with E-state index in [0.717, 1.165) is 32.5 Å². The molecule has 4 heterocycles. The first-order valence-electron chi connectivity index (χ1n) is 9.51. The molecule has 2 bridgehead atoms. The van der Waals surface area contributed by atoms with Gasteiger partial charge in [-0.05, 0) is 56.0 Å². The summed E-state index contributed by atoms with van der Waals surface area (Å²) in [6, 6.07) is 8.48. The van der Waals surface area contributed by atoms with Crippen molar-refractivity contribution in [1.29, 1.82) is 0 Å². The number of likely N-dealkylation sites (tertiary alicyclic amines) is 1. The number of fused-ring (bicyclic) bond motifs is 2. The third-order valence-electron chi connectivity index (χ3n) is 6.36. The smallest absolute Gasteiger partial charge is 0.222 e. The van der Waals surface area contributed by atoms with Crippen molar-refractivity contribution < 1.29 is 9.90 Å². The Bertz CT molecular complexity index is 609. The molecular weight excluding hydrogens is 300 g/mol. The van der Waals surface area contributed by atoms with Crippen LogP contribution in [0.25, 0.3) is 0 Å². The monoisotopic (exact) mass is 328 g/mol. The molecule has 0 aromatic heterocycles. The number of nitrogens with zero attached hydrogens (tertiary/aromatic N) is 2. The summed E-state index contributed by atoms with van der Waals surface area (Å²) in [5, 5.41) is 9.90.